The van der Waals surface area contributed by atoms with Crippen molar-refractivity contribution in [3.05, 3.63) is 60.4 Å². The molecule has 3 rings (SSSR count). The molecule has 1 aromatic heterocycles. The van der Waals surface area contributed by atoms with E-state index in [4.69, 9.17) is 9.47 Å². The van der Waals surface area contributed by atoms with Crippen LogP contribution in [0.3, 0.4) is 0 Å². The number of ether oxygens (including phenoxy) is 2. The van der Waals surface area contributed by atoms with E-state index >= 15 is 0 Å². The van der Waals surface area contributed by atoms with Crippen LogP contribution in [0.4, 0.5) is 23.0 Å². The smallest absolute Gasteiger partial charge is 0.274 e. The van der Waals surface area contributed by atoms with Crippen LogP contribution in [0.15, 0.2) is 54.7 Å². The molecule has 8 nitrogen and oxygen atoms in total. The summed E-state index contributed by atoms with van der Waals surface area (Å²) >= 11 is 0. The van der Waals surface area contributed by atoms with Crippen LogP contribution < -0.4 is 25.0 Å². The molecule has 0 saturated carbocycles. The fourth-order valence-electron chi connectivity index (χ4n) is 2.62. The number of rotatable bonds is 7. The summed E-state index contributed by atoms with van der Waals surface area (Å²) in [5.41, 5.74) is 2.61. The fourth-order valence-corrected chi connectivity index (χ4v) is 2.62. The lowest BCUT2D eigenvalue weighted by Gasteiger charge is -2.13. The highest BCUT2D eigenvalue weighted by Crippen LogP contribution is 2.29. The maximum absolute atomic E-state index is 12.7. The highest BCUT2D eigenvalue weighted by atomic mass is 16.5. The molecule has 0 aliphatic carbocycles. The van der Waals surface area contributed by atoms with E-state index in [2.05, 4.69) is 20.6 Å². The first-order chi connectivity index (χ1) is 14.0. The van der Waals surface area contributed by atoms with E-state index in [9.17, 15) is 4.79 Å². The first kappa shape index (κ1) is 19.9. The van der Waals surface area contributed by atoms with Crippen LogP contribution in [-0.2, 0) is 0 Å². The molecule has 2 aromatic carbocycles. The van der Waals surface area contributed by atoms with Crippen LogP contribution in [0.1, 0.15) is 10.5 Å². The van der Waals surface area contributed by atoms with Crippen LogP contribution in [0.25, 0.3) is 0 Å². The van der Waals surface area contributed by atoms with Gasteiger partial charge in [0.1, 0.15) is 17.2 Å². The van der Waals surface area contributed by atoms with Crippen LogP contribution in [-0.4, -0.2) is 44.2 Å². The Kier molecular flexibility index (Phi) is 6.13. The maximum Gasteiger partial charge on any atom is 0.274 e. The second kappa shape index (κ2) is 8.92. The molecule has 0 spiro atoms. The number of hydrogen-bond acceptors (Lipinski definition) is 7. The van der Waals surface area contributed by atoms with Crippen molar-refractivity contribution >= 4 is 28.9 Å². The predicted octanol–water partition coefficient (Wildman–Crippen LogP) is 3.56. The lowest BCUT2D eigenvalue weighted by Crippen LogP contribution is -2.15. The van der Waals surface area contributed by atoms with Gasteiger partial charge in [-0.05, 0) is 42.5 Å². The number of amides is 1. The molecule has 2 N–H and O–H groups in total. The first-order valence-corrected chi connectivity index (χ1v) is 8.91. The van der Waals surface area contributed by atoms with Crippen molar-refractivity contribution in [2.24, 2.45) is 0 Å². The molecule has 150 valence electrons. The zero-order valence-electron chi connectivity index (χ0n) is 16.8. The molecule has 0 aliphatic heterocycles. The topological polar surface area (TPSA) is 88.6 Å². The molecule has 1 heterocycles. The third kappa shape index (κ3) is 4.92. The predicted molar refractivity (Wildman–Crippen MR) is 114 cm³/mol. The molecule has 0 saturated heterocycles. The Hall–Kier alpha value is -3.81. The largest absolute Gasteiger partial charge is 0.497 e. The lowest BCUT2D eigenvalue weighted by molar-refractivity contribution is 0.102. The minimum atomic E-state index is -0.384. The second-order valence-electron chi connectivity index (χ2n) is 6.35. The molecular weight excluding hydrogens is 370 g/mol. The van der Waals surface area contributed by atoms with E-state index in [-0.39, 0.29) is 11.6 Å². The third-order valence-corrected chi connectivity index (χ3v) is 4.18. The molecule has 3 aromatic rings. The lowest BCUT2D eigenvalue weighted by atomic mass is 10.2. The van der Waals surface area contributed by atoms with Gasteiger partial charge >= 0.3 is 0 Å². The number of benzene rings is 2. The molecule has 0 aliphatic rings. The van der Waals surface area contributed by atoms with E-state index in [0.717, 1.165) is 11.4 Å². The van der Waals surface area contributed by atoms with Crippen molar-refractivity contribution in [3.63, 3.8) is 0 Å². The Balaban J connectivity index is 1.76. The van der Waals surface area contributed by atoms with Crippen molar-refractivity contribution in [2.45, 2.75) is 0 Å². The summed E-state index contributed by atoms with van der Waals surface area (Å²) in [4.78, 5) is 23.2. The number of carbonyl (C=O) groups is 1. The van der Waals surface area contributed by atoms with E-state index in [0.29, 0.717) is 23.1 Å². The average Bonchev–Trinajstić information content (AvgIpc) is 2.74. The number of hydrogen-bond donors (Lipinski definition) is 2. The van der Waals surface area contributed by atoms with E-state index in [1.807, 2.05) is 43.3 Å². The van der Waals surface area contributed by atoms with Gasteiger partial charge in [0.2, 0.25) is 5.95 Å². The SMILES string of the molecule is COc1ccc(OC)c(NC(=O)c2ccnc(Nc3ccc(N(C)C)cc3)n2)c1. The highest BCUT2D eigenvalue weighted by molar-refractivity contribution is 6.04. The van der Waals surface area contributed by atoms with E-state index < -0.39 is 0 Å². The van der Waals surface area contributed by atoms with Crippen LogP contribution in [0.5, 0.6) is 11.5 Å². The van der Waals surface area contributed by atoms with Gasteiger partial charge in [-0.25, -0.2) is 9.97 Å². The summed E-state index contributed by atoms with van der Waals surface area (Å²) in [5, 5.41) is 5.90. The number of aromatic nitrogens is 2. The van der Waals surface area contributed by atoms with Crippen LogP contribution >= 0.6 is 0 Å². The fraction of sp³-hybridized carbons (Fsp3) is 0.190. The quantitative estimate of drug-likeness (QED) is 0.634. The molecule has 0 bridgehead atoms. The number of nitrogens with one attached hydrogen (secondary N) is 2. The van der Waals surface area contributed by atoms with Gasteiger partial charge in [-0.3, -0.25) is 4.79 Å². The average molecular weight is 393 g/mol. The van der Waals surface area contributed by atoms with E-state index in [1.165, 1.54) is 13.3 Å². The Labute approximate surface area is 169 Å². The van der Waals surface area contributed by atoms with E-state index in [1.54, 1.807) is 31.4 Å². The van der Waals surface area contributed by atoms with Gasteiger partial charge < -0.3 is 25.0 Å². The number of nitrogens with zero attached hydrogens (tertiary/aromatic N) is 3. The van der Waals surface area contributed by atoms with Gasteiger partial charge in [0.15, 0.2) is 0 Å². The van der Waals surface area contributed by atoms with Crippen molar-refractivity contribution in [3.8, 4) is 11.5 Å². The summed E-state index contributed by atoms with van der Waals surface area (Å²) in [6.07, 6.45) is 1.53. The number of methoxy groups -OCH3 is 2. The van der Waals surface area contributed by atoms with Crippen molar-refractivity contribution in [1.29, 1.82) is 0 Å². The Morgan fingerprint density at radius 3 is 2.41 bits per heavy atom. The summed E-state index contributed by atoms with van der Waals surface area (Å²) < 4.78 is 10.5. The summed E-state index contributed by atoms with van der Waals surface area (Å²) in [6, 6.07) is 14.5. The molecule has 0 fully saturated rings. The van der Waals surface area contributed by atoms with Crippen molar-refractivity contribution < 1.29 is 14.3 Å². The van der Waals surface area contributed by atoms with Crippen molar-refractivity contribution in [1.82, 2.24) is 9.97 Å². The first-order valence-electron chi connectivity index (χ1n) is 8.91. The Morgan fingerprint density at radius 2 is 1.76 bits per heavy atom. The minimum absolute atomic E-state index is 0.220. The van der Waals surface area contributed by atoms with Gasteiger partial charge in [-0.15, -0.1) is 0 Å². The minimum Gasteiger partial charge on any atom is -0.497 e. The standard InChI is InChI=1S/C21H23N5O3/c1-26(2)15-7-5-14(6-8-15)23-21-22-12-11-17(25-21)20(27)24-18-13-16(28-3)9-10-19(18)29-4/h5-13H,1-4H3,(H,24,27)(H,22,23,25). The van der Waals surface area contributed by atoms with Gasteiger partial charge in [0.05, 0.1) is 19.9 Å². The Bertz CT molecular complexity index is 990. The molecule has 0 radical (unpaired) electrons. The van der Waals surface area contributed by atoms with Crippen molar-refractivity contribution in [2.75, 3.05) is 43.8 Å². The molecule has 29 heavy (non-hydrogen) atoms. The number of anilines is 4. The molecule has 1 amide bonds. The highest BCUT2D eigenvalue weighted by Gasteiger charge is 2.13. The third-order valence-electron chi connectivity index (χ3n) is 4.18. The summed E-state index contributed by atoms with van der Waals surface area (Å²) in [6.45, 7) is 0. The van der Waals surface area contributed by atoms with Gasteiger partial charge in [0, 0.05) is 37.7 Å². The van der Waals surface area contributed by atoms with Crippen LogP contribution in [0, 0.1) is 0 Å². The molecule has 0 unspecified atom stereocenters. The normalized spacial score (nSPS) is 10.2. The van der Waals surface area contributed by atoms with Crippen LogP contribution in [0.2, 0.25) is 0 Å². The zero-order valence-corrected chi connectivity index (χ0v) is 16.8. The summed E-state index contributed by atoms with van der Waals surface area (Å²) in [5.74, 6) is 1.07. The monoisotopic (exact) mass is 393 g/mol. The van der Waals surface area contributed by atoms with Gasteiger partial charge in [0.25, 0.3) is 5.91 Å². The number of carbonyl (C=O) groups excluding carboxylic acids is 1. The molecule has 8 heteroatoms. The van der Waals surface area contributed by atoms with Gasteiger partial charge in [-0.1, -0.05) is 0 Å². The zero-order chi connectivity index (χ0) is 20.8. The maximum atomic E-state index is 12.7. The summed E-state index contributed by atoms with van der Waals surface area (Å²) in [7, 11) is 7.04. The second-order valence-corrected chi connectivity index (χ2v) is 6.35. The van der Waals surface area contributed by atoms with Gasteiger partial charge in [-0.2, -0.15) is 0 Å². The Morgan fingerprint density at radius 1 is 1.00 bits per heavy atom. The molecular formula is C21H23N5O3. The molecule has 0 atom stereocenters.